The fourth-order valence-electron chi connectivity index (χ4n) is 4.78. The molecule has 0 aromatic heterocycles. The van der Waals surface area contributed by atoms with Gasteiger partial charge in [0.15, 0.2) is 0 Å². The highest BCUT2D eigenvalue weighted by molar-refractivity contribution is 5.93. The van der Waals surface area contributed by atoms with Crippen molar-refractivity contribution in [1.82, 2.24) is 15.5 Å². The number of aryl methyl sites for hydroxylation is 1. The minimum atomic E-state index is -1.09. The van der Waals surface area contributed by atoms with E-state index in [1.807, 2.05) is 44.2 Å². The molecule has 0 aliphatic carbocycles. The van der Waals surface area contributed by atoms with E-state index in [1.165, 1.54) is 4.90 Å². The van der Waals surface area contributed by atoms with Crippen molar-refractivity contribution in [3.63, 3.8) is 0 Å². The summed E-state index contributed by atoms with van der Waals surface area (Å²) in [5.41, 5.74) is 1.06. The molecule has 2 aromatic carbocycles. The van der Waals surface area contributed by atoms with Crippen molar-refractivity contribution in [2.24, 2.45) is 0 Å². The van der Waals surface area contributed by atoms with E-state index in [0.29, 0.717) is 17.5 Å². The predicted molar refractivity (Wildman–Crippen MR) is 163 cm³/mol. The summed E-state index contributed by atoms with van der Waals surface area (Å²) in [5, 5.41) is 16.9. The van der Waals surface area contributed by atoms with Crippen LogP contribution in [-0.4, -0.2) is 52.1 Å². The second-order valence-electron chi connectivity index (χ2n) is 11.7. The number of hydrogen-bond acceptors (Lipinski definition) is 5. The van der Waals surface area contributed by atoms with Crippen LogP contribution in [0.2, 0.25) is 0 Å². The molecule has 0 bridgehead atoms. The topological polar surface area (TPSA) is 108 Å². The highest BCUT2D eigenvalue weighted by atomic mass is 16.6. The molecule has 0 saturated carbocycles. The van der Waals surface area contributed by atoms with E-state index in [0.717, 1.165) is 31.2 Å². The molecule has 226 valence electrons. The maximum atomic E-state index is 14.5. The summed E-state index contributed by atoms with van der Waals surface area (Å²) in [6.07, 6.45) is 3.60. The van der Waals surface area contributed by atoms with Crippen LogP contribution in [0.3, 0.4) is 0 Å². The van der Waals surface area contributed by atoms with Crippen molar-refractivity contribution in [2.45, 2.75) is 111 Å². The number of nitrogens with zero attached hydrogens (tertiary/aromatic N) is 1. The standard InChI is InChI=1S/C33H49N3O5/c1-8-10-14-21-36(28(30(38)34-24(4)16-9-2)26-20-15-17-23(3)29(26)37)31(39)27(22-25-18-12-11-13-19-25)35-32(40)41-33(5,6)7/h11-13,15,17-20,24,27-28,37H,8-10,14,16,21-22H2,1-7H3,(H,34,38)(H,35,40). The van der Waals surface area contributed by atoms with Gasteiger partial charge in [0.05, 0.1) is 0 Å². The van der Waals surface area contributed by atoms with Gasteiger partial charge in [0.25, 0.3) is 0 Å². The lowest BCUT2D eigenvalue weighted by molar-refractivity contribution is -0.143. The Morgan fingerprint density at radius 3 is 2.24 bits per heavy atom. The monoisotopic (exact) mass is 567 g/mol. The summed E-state index contributed by atoms with van der Waals surface area (Å²) in [6.45, 7) is 13.4. The van der Waals surface area contributed by atoms with Gasteiger partial charge in [-0.05, 0) is 58.6 Å². The number of ether oxygens (including phenoxy) is 1. The van der Waals surface area contributed by atoms with E-state index < -0.39 is 29.7 Å². The molecule has 3 N–H and O–H groups in total. The van der Waals surface area contributed by atoms with E-state index in [4.69, 9.17) is 4.74 Å². The molecule has 0 aliphatic rings. The molecule has 0 saturated heterocycles. The zero-order chi connectivity index (χ0) is 30.6. The van der Waals surface area contributed by atoms with Crippen molar-refractivity contribution in [2.75, 3.05) is 6.54 Å². The molecule has 2 aromatic rings. The summed E-state index contributed by atoms with van der Waals surface area (Å²) in [5.74, 6) is -0.809. The predicted octanol–water partition coefficient (Wildman–Crippen LogP) is 6.20. The third-order valence-electron chi connectivity index (χ3n) is 6.79. The highest BCUT2D eigenvalue weighted by Crippen LogP contribution is 2.33. The number of nitrogens with one attached hydrogen (secondary N) is 2. The number of rotatable bonds is 14. The second-order valence-corrected chi connectivity index (χ2v) is 11.7. The first-order chi connectivity index (χ1) is 19.4. The number of alkyl carbamates (subject to hydrolysis) is 1. The number of phenols is 1. The Labute approximate surface area is 245 Å². The molecule has 3 unspecified atom stereocenters. The quantitative estimate of drug-likeness (QED) is 0.236. The lowest BCUT2D eigenvalue weighted by Gasteiger charge is -2.35. The number of carbonyl (C=O) groups excluding carboxylic acids is 3. The van der Waals surface area contributed by atoms with E-state index in [9.17, 15) is 19.5 Å². The molecule has 0 aliphatic heterocycles. The number of para-hydroxylation sites is 1. The molecule has 8 nitrogen and oxygen atoms in total. The Balaban J connectivity index is 2.61. The molecule has 41 heavy (non-hydrogen) atoms. The fourth-order valence-corrected chi connectivity index (χ4v) is 4.78. The van der Waals surface area contributed by atoms with Gasteiger partial charge in [-0.25, -0.2) is 4.79 Å². The number of carbonyl (C=O) groups is 3. The van der Waals surface area contributed by atoms with Crippen molar-refractivity contribution in [3.05, 3.63) is 65.2 Å². The molecule has 3 atom stereocenters. The molecular formula is C33H49N3O5. The maximum absolute atomic E-state index is 14.5. The van der Waals surface area contributed by atoms with Crippen LogP contribution in [0.15, 0.2) is 48.5 Å². The number of unbranched alkanes of at least 4 members (excludes halogenated alkanes) is 2. The van der Waals surface area contributed by atoms with Crippen LogP contribution in [-0.2, 0) is 20.7 Å². The number of amides is 3. The van der Waals surface area contributed by atoms with Crippen LogP contribution in [0.4, 0.5) is 4.79 Å². The Morgan fingerprint density at radius 2 is 1.63 bits per heavy atom. The van der Waals surface area contributed by atoms with Crippen molar-refractivity contribution < 1.29 is 24.2 Å². The van der Waals surface area contributed by atoms with E-state index in [-0.39, 0.29) is 30.7 Å². The van der Waals surface area contributed by atoms with Crippen molar-refractivity contribution in [3.8, 4) is 5.75 Å². The molecule has 0 radical (unpaired) electrons. The second kappa shape index (κ2) is 16.0. The van der Waals surface area contributed by atoms with Crippen LogP contribution >= 0.6 is 0 Å². The van der Waals surface area contributed by atoms with Crippen LogP contribution in [0, 0.1) is 6.92 Å². The minimum absolute atomic E-state index is 0.0243. The van der Waals surface area contributed by atoms with Gasteiger partial charge in [-0.3, -0.25) is 9.59 Å². The summed E-state index contributed by atoms with van der Waals surface area (Å²) < 4.78 is 5.50. The first kappa shape index (κ1) is 33.7. The summed E-state index contributed by atoms with van der Waals surface area (Å²) >= 11 is 0. The first-order valence-electron chi connectivity index (χ1n) is 14.8. The lowest BCUT2D eigenvalue weighted by atomic mass is 9.97. The van der Waals surface area contributed by atoms with Crippen molar-refractivity contribution in [1.29, 1.82) is 0 Å². The zero-order valence-corrected chi connectivity index (χ0v) is 25.8. The number of hydrogen-bond donors (Lipinski definition) is 3. The number of benzene rings is 2. The molecule has 0 fully saturated rings. The molecule has 3 amide bonds. The van der Waals surface area contributed by atoms with Gasteiger partial charge in [-0.1, -0.05) is 81.6 Å². The Morgan fingerprint density at radius 1 is 0.951 bits per heavy atom. The van der Waals surface area contributed by atoms with E-state index in [1.54, 1.807) is 45.9 Å². The maximum Gasteiger partial charge on any atom is 0.408 e. The minimum Gasteiger partial charge on any atom is -0.507 e. The number of phenolic OH excluding ortho intramolecular Hbond substituents is 1. The lowest BCUT2D eigenvalue weighted by Crippen LogP contribution is -2.54. The van der Waals surface area contributed by atoms with E-state index in [2.05, 4.69) is 17.6 Å². The van der Waals surface area contributed by atoms with Crippen LogP contribution in [0.5, 0.6) is 5.75 Å². The third-order valence-corrected chi connectivity index (χ3v) is 6.79. The van der Waals surface area contributed by atoms with Crippen molar-refractivity contribution >= 4 is 17.9 Å². The van der Waals surface area contributed by atoms with Gasteiger partial charge in [0.1, 0.15) is 23.4 Å². The summed E-state index contributed by atoms with van der Waals surface area (Å²) in [4.78, 5) is 42.8. The molecule has 0 heterocycles. The highest BCUT2D eigenvalue weighted by Gasteiger charge is 2.38. The first-order valence-corrected chi connectivity index (χ1v) is 14.8. The molecule has 0 spiro atoms. The van der Waals surface area contributed by atoms with Crippen LogP contribution in [0.1, 0.15) is 96.4 Å². The van der Waals surface area contributed by atoms with Gasteiger partial charge in [-0.2, -0.15) is 0 Å². The largest absolute Gasteiger partial charge is 0.507 e. The number of aromatic hydroxyl groups is 1. The Bertz CT molecular complexity index is 1130. The third kappa shape index (κ3) is 10.7. The van der Waals surface area contributed by atoms with Gasteiger partial charge in [0, 0.05) is 24.6 Å². The average molecular weight is 568 g/mol. The summed E-state index contributed by atoms with van der Waals surface area (Å²) in [6, 6.07) is 12.4. The molecule has 2 rings (SSSR count). The Kier molecular flexibility index (Phi) is 13.2. The van der Waals surface area contributed by atoms with E-state index >= 15 is 0 Å². The van der Waals surface area contributed by atoms with Gasteiger partial charge >= 0.3 is 6.09 Å². The van der Waals surface area contributed by atoms with Gasteiger partial charge < -0.3 is 25.4 Å². The SMILES string of the molecule is CCCCCN(C(=O)C(Cc1ccccc1)NC(=O)OC(C)(C)C)C(C(=O)NC(C)CCC)c1cccc(C)c1O. The summed E-state index contributed by atoms with van der Waals surface area (Å²) in [7, 11) is 0. The molecule has 8 heteroatoms. The van der Waals surface area contributed by atoms with Crippen LogP contribution in [0.25, 0.3) is 0 Å². The smallest absolute Gasteiger partial charge is 0.408 e. The van der Waals surface area contributed by atoms with Gasteiger partial charge in [0.2, 0.25) is 11.8 Å². The Hall–Kier alpha value is -3.55. The van der Waals surface area contributed by atoms with Crippen LogP contribution < -0.4 is 10.6 Å². The fraction of sp³-hybridized carbons (Fsp3) is 0.545. The average Bonchev–Trinajstić information content (AvgIpc) is 2.89. The van der Waals surface area contributed by atoms with Gasteiger partial charge in [-0.15, -0.1) is 0 Å². The zero-order valence-electron chi connectivity index (χ0n) is 25.8. The molecular weight excluding hydrogens is 518 g/mol. The normalized spacial score (nSPS) is 13.5.